The van der Waals surface area contributed by atoms with Crippen molar-refractivity contribution in [3.05, 3.63) is 35.9 Å². The molecule has 0 bridgehead atoms. The molecule has 4 nitrogen and oxygen atoms in total. The lowest BCUT2D eigenvalue weighted by molar-refractivity contribution is -0.124. The van der Waals surface area contributed by atoms with Gasteiger partial charge in [-0.3, -0.25) is 10.1 Å². The van der Waals surface area contributed by atoms with E-state index >= 15 is 0 Å². The SMILES string of the molecule is CC(C)C(NCC#N)C(=O)NCc1ccccc1. The first-order valence-electron chi connectivity index (χ1n) is 6.07. The van der Waals surface area contributed by atoms with Crippen LogP contribution < -0.4 is 10.6 Å². The van der Waals surface area contributed by atoms with Crippen LogP contribution in [0.15, 0.2) is 30.3 Å². The summed E-state index contributed by atoms with van der Waals surface area (Å²) in [6, 6.07) is 11.4. The minimum Gasteiger partial charge on any atom is -0.351 e. The molecule has 0 saturated carbocycles. The maximum Gasteiger partial charge on any atom is 0.237 e. The van der Waals surface area contributed by atoms with Gasteiger partial charge in [0, 0.05) is 6.54 Å². The van der Waals surface area contributed by atoms with Crippen LogP contribution in [0.25, 0.3) is 0 Å². The number of carbonyl (C=O) groups excluding carboxylic acids is 1. The molecule has 0 aromatic heterocycles. The lowest BCUT2D eigenvalue weighted by Gasteiger charge is -2.20. The molecule has 0 heterocycles. The Hall–Kier alpha value is -1.86. The van der Waals surface area contributed by atoms with Crippen molar-refractivity contribution in [2.75, 3.05) is 6.54 Å². The van der Waals surface area contributed by atoms with Crippen molar-refractivity contribution in [2.24, 2.45) is 5.92 Å². The van der Waals surface area contributed by atoms with E-state index in [2.05, 4.69) is 10.6 Å². The molecule has 96 valence electrons. The third kappa shape index (κ3) is 4.56. The smallest absolute Gasteiger partial charge is 0.237 e. The number of hydrogen-bond acceptors (Lipinski definition) is 3. The quantitative estimate of drug-likeness (QED) is 0.745. The van der Waals surface area contributed by atoms with Gasteiger partial charge in [-0.2, -0.15) is 5.26 Å². The van der Waals surface area contributed by atoms with Gasteiger partial charge < -0.3 is 5.32 Å². The summed E-state index contributed by atoms with van der Waals surface area (Å²) in [5.41, 5.74) is 1.06. The number of nitriles is 1. The molecule has 1 aromatic carbocycles. The predicted octanol–water partition coefficient (Wildman–Crippen LogP) is 1.44. The van der Waals surface area contributed by atoms with Crippen LogP contribution in [0.4, 0.5) is 0 Å². The van der Waals surface area contributed by atoms with Crippen molar-refractivity contribution in [3.8, 4) is 6.07 Å². The molecule has 1 rings (SSSR count). The molecule has 0 saturated heterocycles. The van der Waals surface area contributed by atoms with Gasteiger partial charge in [0.15, 0.2) is 0 Å². The van der Waals surface area contributed by atoms with Crippen LogP contribution >= 0.6 is 0 Å². The third-order valence-corrected chi connectivity index (χ3v) is 2.66. The summed E-state index contributed by atoms with van der Waals surface area (Å²) in [4.78, 5) is 12.0. The Morgan fingerprint density at radius 1 is 1.33 bits per heavy atom. The first-order valence-corrected chi connectivity index (χ1v) is 6.07. The van der Waals surface area contributed by atoms with Crippen LogP contribution in [0.5, 0.6) is 0 Å². The summed E-state index contributed by atoms with van der Waals surface area (Å²) in [5, 5.41) is 14.4. The topological polar surface area (TPSA) is 64.9 Å². The van der Waals surface area contributed by atoms with Gasteiger partial charge in [-0.05, 0) is 11.5 Å². The van der Waals surface area contributed by atoms with Gasteiger partial charge in [0.05, 0.1) is 18.7 Å². The molecule has 1 aromatic rings. The van der Waals surface area contributed by atoms with E-state index in [1.807, 2.05) is 50.2 Å². The summed E-state index contributed by atoms with van der Waals surface area (Å²) < 4.78 is 0. The Labute approximate surface area is 108 Å². The highest BCUT2D eigenvalue weighted by Crippen LogP contribution is 2.03. The molecule has 0 spiro atoms. The Balaban J connectivity index is 2.49. The molecule has 0 aliphatic rings. The zero-order valence-corrected chi connectivity index (χ0v) is 10.8. The van der Waals surface area contributed by atoms with Crippen molar-refractivity contribution >= 4 is 5.91 Å². The maximum atomic E-state index is 12.0. The lowest BCUT2D eigenvalue weighted by Crippen LogP contribution is -2.47. The predicted molar refractivity (Wildman–Crippen MR) is 70.5 cm³/mol. The van der Waals surface area contributed by atoms with E-state index in [0.717, 1.165) is 5.56 Å². The first-order chi connectivity index (χ1) is 8.65. The second-order valence-electron chi connectivity index (χ2n) is 4.46. The molecule has 1 atom stereocenters. The largest absolute Gasteiger partial charge is 0.351 e. The number of carbonyl (C=O) groups is 1. The Kier molecular flexibility index (Phi) is 5.89. The van der Waals surface area contributed by atoms with Crippen LogP contribution in [-0.2, 0) is 11.3 Å². The number of rotatable bonds is 6. The number of benzene rings is 1. The van der Waals surface area contributed by atoms with E-state index in [0.29, 0.717) is 6.54 Å². The Bertz CT molecular complexity index is 409. The molecule has 0 radical (unpaired) electrons. The highest BCUT2D eigenvalue weighted by molar-refractivity contribution is 5.82. The van der Waals surface area contributed by atoms with E-state index in [9.17, 15) is 4.79 Å². The van der Waals surface area contributed by atoms with Gasteiger partial charge in [-0.1, -0.05) is 44.2 Å². The maximum absolute atomic E-state index is 12.0. The fourth-order valence-corrected chi connectivity index (χ4v) is 1.68. The zero-order valence-electron chi connectivity index (χ0n) is 10.8. The molecule has 18 heavy (non-hydrogen) atoms. The summed E-state index contributed by atoms with van der Waals surface area (Å²) in [7, 11) is 0. The fraction of sp³-hybridized carbons (Fsp3) is 0.429. The van der Waals surface area contributed by atoms with Gasteiger partial charge >= 0.3 is 0 Å². The number of nitrogens with zero attached hydrogens (tertiary/aromatic N) is 1. The lowest BCUT2D eigenvalue weighted by atomic mass is 10.0. The zero-order chi connectivity index (χ0) is 13.4. The van der Waals surface area contributed by atoms with E-state index < -0.39 is 0 Å². The van der Waals surface area contributed by atoms with E-state index in [1.165, 1.54) is 0 Å². The highest BCUT2D eigenvalue weighted by atomic mass is 16.2. The molecule has 1 amide bonds. The minimum atomic E-state index is -0.326. The van der Waals surface area contributed by atoms with Gasteiger partial charge in [0.25, 0.3) is 0 Å². The highest BCUT2D eigenvalue weighted by Gasteiger charge is 2.20. The van der Waals surface area contributed by atoms with Crippen molar-refractivity contribution in [1.29, 1.82) is 5.26 Å². The van der Waals surface area contributed by atoms with Crippen LogP contribution in [0, 0.1) is 17.2 Å². The average Bonchev–Trinajstić information content (AvgIpc) is 2.37. The fourth-order valence-electron chi connectivity index (χ4n) is 1.68. The Morgan fingerprint density at radius 2 is 2.00 bits per heavy atom. The molecule has 2 N–H and O–H groups in total. The minimum absolute atomic E-state index is 0.0656. The van der Waals surface area contributed by atoms with E-state index in [-0.39, 0.29) is 24.4 Å². The monoisotopic (exact) mass is 245 g/mol. The van der Waals surface area contributed by atoms with Crippen molar-refractivity contribution in [3.63, 3.8) is 0 Å². The average molecular weight is 245 g/mol. The molecular formula is C14H19N3O. The summed E-state index contributed by atoms with van der Waals surface area (Å²) in [6.07, 6.45) is 0. The van der Waals surface area contributed by atoms with Gasteiger partial charge in [0.1, 0.15) is 0 Å². The van der Waals surface area contributed by atoms with Crippen LogP contribution in [0.1, 0.15) is 19.4 Å². The van der Waals surface area contributed by atoms with Gasteiger partial charge in [-0.25, -0.2) is 0 Å². The molecule has 0 fully saturated rings. The first kappa shape index (κ1) is 14.2. The molecule has 0 aliphatic carbocycles. The molecule has 1 unspecified atom stereocenters. The number of hydrogen-bond donors (Lipinski definition) is 2. The van der Waals surface area contributed by atoms with E-state index in [1.54, 1.807) is 0 Å². The summed E-state index contributed by atoms with van der Waals surface area (Å²) in [6.45, 7) is 4.60. The van der Waals surface area contributed by atoms with Crippen molar-refractivity contribution < 1.29 is 4.79 Å². The summed E-state index contributed by atoms with van der Waals surface area (Å²) >= 11 is 0. The van der Waals surface area contributed by atoms with Crippen molar-refractivity contribution in [1.82, 2.24) is 10.6 Å². The second-order valence-corrected chi connectivity index (χ2v) is 4.46. The van der Waals surface area contributed by atoms with Gasteiger partial charge in [0.2, 0.25) is 5.91 Å². The Morgan fingerprint density at radius 3 is 2.56 bits per heavy atom. The third-order valence-electron chi connectivity index (χ3n) is 2.66. The van der Waals surface area contributed by atoms with Crippen LogP contribution in [0.2, 0.25) is 0 Å². The van der Waals surface area contributed by atoms with Crippen molar-refractivity contribution in [2.45, 2.75) is 26.4 Å². The molecule has 4 heteroatoms. The second kappa shape index (κ2) is 7.46. The van der Waals surface area contributed by atoms with Gasteiger partial charge in [-0.15, -0.1) is 0 Å². The number of nitrogens with one attached hydrogen (secondary N) is 2. The molecule has 0 aliphatic heterocycles. The standard InChI is InChI=1S/C14H19N3O/c1-11(2)13(16-9-8-15)14(18)17-10-12-6-4-3-5-7-12/h3-7,11,13,16H,9-10H2,1-2H3,(H,17,18). The normalized spacial score (nSPS) is 11.9. The van der Waals surface area contributed by atoms with Crippen LogP contribution in [0.3, 0.4) is 0 Å². The summed E-state index contributed by atoms with van der Waals surface area (Å²) in [5.74, 6) is 0.0817. The number of amides is 1. The van der Waals surface area contributed by atoms with E-state index in [4.69, 9.17) is 5.26 Å². The van der Waals surface area contributed by atoms with Crippen LogP contribution in [-0.4, -0.2) is 18.5 Å². The molecular weight excluding hydrogens is 226 g/mol.